The summed E-state index contributed by atoms with van der Waals surface area (Å²) < 4.78 is 9.06. The Morgan fingerprint density at radius 3 is 2.94 bits per heavy atom. The molecule has 1 aromatic heterocycles. The average molecular weight is 264 g/mol. The summed E-state index contributed by atoms with van der Waals surface area (Å²) in [6.45, 7) is 2.43. The highest BCUT2D eigenvalue weighted by molar-refractivity contribution is 7.10. The van der Waals surface area contributed by atoms with Gasteiger partial charge in [-0.05, 0) is 19.1 Å². The second-order valence-corrected chi connectivity index (χ2v) is 4.08. The summed E-state index contributed by atoms with van der Waals surface area (Å²) in [6.07, 6.45) is 1.48. The molecule has 0 aliphatic rings. The third-order valence-electron chi connectivity index (χ3n) is 2.03. The lowest BCUT2D eigenvalue weighted by Gasteiger charge is -2.10. The van der Waals surface area contributed by atoms with Crippen LogP contribution in [-0.2, 0) is 0 Å². The first-order valence-corrected chi connectivity index (χ1v) is 6.14. The Labute approximate surface area is 108 Å². The van der Waals surface area contributed by atoms with E-state index in [2.05, 4.69) is 20.2 Å². The number of amides is 2. The number of para-hydroxylation sites is 2. The van der Waals surface area contributed by atoms with E-state index in [9.17, 15) is 4.79 Å². The van der Waals surface area contributed by atoms with Crippen LogP contribution in [0.4, 0.5) is 15.5 Å². The number of benzene rings is 1. The van der Waals surface area contributed by atoms with Crippen molar-refractivity contribution >= 4 is 28.3 Å². The standard InChI is InChI=1S/C11H12N4O2S/c1-2-17-9-6-4-3-5-8(9)13-11(16)14-10-7-12-15-18-10/h3-7H,2H2,1H3,(H2,13,14,16). The van der Waals surface area contributed by atoms with Gasteiger partial charge in [-0.1, -0.05) is 16.6 Å². The molecule has 18 heavy (non-hydrogen) atoms. The maximum atomic E-state index is 11.7. The van der Waals surface area contributed by atoms with Crippen molar-refractivity contribution in [1.29, 1.82) is 0 Å². The number of aromatic nitrogens is 2. The van der Waals surface area contributed by atoms with Gasteiger partial charge in [0.2, 0.25) is 0 Å². The van der Waals surface area contributed by atoms with E-state index in [0.29, 0.717) is 23.0 Å². The summed E-state index contributed by atoms with van der Waals surface area (Å²) >= 11 is 1.11. The summed E-state index contributed by atoms with van der Waals surface area (Å²) in [7, 11) is 0. The summed E-state index contributed by atoms with van der Waals surface area (Å²) in [5, 5.41) is 9.55. The van der Waals surface area contributed by atoms with Crippen molar-refractivity contribution < 1.29 is 9.53 Å². The molecule has 1 heterocycles. The number of ether oxygens (including phenoxy) is 1. The highest BCUT2D eigenvalue weighted by Crippen LogP contribution is 2.23. The molecule has 0 atom stereocenters. The maximum absolute atomic E-state index is 11.7. The molecular formula is C11H12N4O2S. The Balaban J connectivity index is 2.02. The predicted molar refractivity (Wildman–Crippen MR) is 70.2 cm³/mol. The lowest BCUT2D eigenvalue weighted by molar-refractivity contribution is 0.262. The second kappa shape index (κ2) is 5.97. The van der Waals surface area contributed by atoms with E-state index in [1.54, 1.807) is 12.1 Å². The van der Waals surface area contributed by atoms with Crippen molar-refractivity contribution in [1.82, 2.24) is 9.59 Å². The van der Waals surface area contributed by atoms with Crippen molar-refractivity contribution in [3.63, 3.8) is 0 Å². The zero-order valence-electron chi connectivity index (χ0n) is 9.71. The molecule has 0 bridgehead atoms. The Kier molecular flexibility index (Phi) is 4.08. The fourth-order valence-electron chi connectivity index (χ4n) is 1.34. The normalized spacial score (nSPS) is 9.83. The molecule has 0 aliphatic carbocycles. The van der Waals surface area contributed by atoms with Gasteiger partial charge in [-0.25, -0.2) is 4.79 Å². The van der Waals surface area contributed by atoms with Crippen LogP contribution in [0.25, 0.3) is 0 Å². The van der Waals surface area contributed by atoms with Crippen molar-refractivity contribution in [2.24, 2.45) is 0 Å². The van der Waals surface area contributed by atoms with Crippen LogP contribution < -0.4 is 15.4 Å². The molecule has 2 aromatic rings. The largest absolute Gasteiger partial charge is 0.492 e. The summed E-state index contributed by atoms with van der Waals surface area (Å²) in [6, 6.07) is 6.89. The van der Waals surface area contributed by atoms with Gasteiger partial charge in [0.25, 0.3) is 0 Å². The first kappa shape index (κ1) is 12.3. The van der Waals surface area contributed by atoms with Crippen molar-refractivity contribution in [3.8, 4) is 5.75 Å². The van der Waals surface area contributed by atoms with E-state index in [1.165, 1.54) is 6.20 Å². The van der Waals surface area contributed by atoms with E-state index in [0.717, 1.165) is 11.5 Å². The molecule has 94 valence electrons. The average Bonchev–Trinajstić information content (AvgIpc) is 2.84. The molecule has 0 fully saturated rings. The fourth-order valence-corrected chi connectivity index (χ4v) is 1.75. The number of carbonyl (C=O) groups is 1. The van der Waals surface area contributed by atoms with Gasteiger partial charge in [0, 0.05) is 11.5 Å². The lowest BCUT2D eigenvalue weighted by Crippen LogP contribution is -2.19. The number of hydrogen-bond donors (Lipinski definition) is 2. The number of urea groups is 1. The van der Waals surface area contributed by atoms with Crippen molar-refractivity contribution in [3.05, 3.63) is 30.5 Å². The van der Waals surface area contributed by atoms with Gasteiger partial charge in [0.05, 0.1) is 18.5 Å². The fraction of sp³-hybridized carbons (Fsp3) is 0.182. The van der Waals surface area contributed by atoms with Gasteiger partial charge in [-0.2, -0.15) is 0 Å². The molecule has 1 aromatic carbocycles. The molecule has 7 heteroatoms. The lowest BCUT2D eigenvalue weighted by atomic mass is 10.3. The van der Waals surface area contributed by atoms with Crippen LogP contribution in [0, 0.1) is 0 Å². The zero-order chi connectivity index (χ0) is 12.8. The molecule has 0 saturated carbocycles. The first-order chi connectivity index (χ1) is 8.79. The molecule has 2 rings (SSSR count). The molecule has 0 radical (unpaired) electrons. The monoisotopic (exact) mass is 264 g/mol. The topological polar surface area (TPSA) is 76.1 Å². The molecule has 0 aliphatic heterocycles. The van der Waals surface area contributed by atoms with Gasteiger partial charge in [-0.3, -0.25) is 5.32 Å². The molecule has 2 amide bonds. The van der Waals surface area contributed by atoms with E-state index in [4.69, 9.17) is 4.74 Å². The number of hydrogen-bond acceptors (Lipinski definition) is 5. The van der Waals surface area contributed by atoms with Crippen molar-refractivity contribution in [2.75, 3.05) is 17.2 Å². The van der Waals surface area contributed by atoms with E-state index < -0.39 is 0 Å². The first-order valence-electron chi connectivity index (χ1n) is 5.36. The van der Waals surface area contributed by atoms with Crippen LogP contribution in [0.15, 0.2) is 30.5 Å². The molecule has 0 saturated heterocycles. The predicted octanol–water partition coefficient (Wildman–Crippen LogP) is 2.58. The van der Waals surface area contributed by atoms with Crippen LogP contribution in [0.3, 0.4) is 0 Å². The molecule has 6 nitrogen and oxygen atoms in total. The van der Waals surface area contributed by atoms with Crippen molar-refractivity contribution in [2.45, 2.75) is 6.92 Å². The minimum absolute atomic E-state index is 0.354. The third kappa shape index (κ3) is 3.17. The summed E-state index contributed by atoms with van der Waals surface area (Å²) in [5.41, 5.74) is 0.620. The van der Waals surface area contributed by atoms with Crippen LogP contribution >= 0.6 is 11.5 Å². The van der Waals surface area contributed by atoms with Crippen LogP contribution in [-0.4, -0.2) is 22.2 Å². The molecule has 0 unspecified atom stereocenters. The quantitative estimate of drug-likeness (QED) is 0.889. The number of carbonyl (C=O) groups excluding carboxylic acids is 1. The molecular weight excluding hydrogens is 252 g/mol. The number of anilines is 2. The number of rotatable bonds is 4. The zero-order valence-corrected chi connectivity index (χ0v) is 10.5. The van der Waals surface area contributed by atoms with Gasteiger partial charge in [0.15, 0.2) is 0 Å². The van der Waals surface area contributed by atoms with Crippen LogP contribution in [0.5, 0.6) is 5.75 Å². The summed E-state index contributed by atoms with van der Waals surface area (Å²) in [4.78, 5) is 11.7. The number of nitrogens with one attached hydrogen (secondary N) is 2. The van der Waals surface area contributed by atoms with Gasteiger partial charge in [0.1, 0.15) is 10.8 Å². The minimum Gasteiger partial charge on any atom is -0.492 e. The molecule has 2 N–H and O–H groups in total. The number of nitrogens with zero attached hydrogens (tertiary/aromatic N) is 2. The SMILES string of the molecule is CCOc1ccccc1NC(=O)Nc1cnns1. The highest BCUT2D eigenvalue weighted by Gasteiger charge is 2.08. The molecule has 0 spiro atoms. The van der Waals surface area contributed by atoms with Gasteiger partial charge >= 0.3 is 6.03 Å². The van der Waals surface area contributed by atoms with E-state index >= 15 is 0 Å². The maximum Gasteiger partial charge on any atom is 0.324 e. The Bertz CT molecular complexity index is 516. The van der Waals surface area contributed by atoms with E-state index in [-0.39, 0.29) is 6.03 Å². The summed E-state index contributed by atoms with van der Waals surface area (Å²) in [5.74, 6) is 0.637. The Hall–Kier alpha value is -2.15. The van der Waals surface area contributed by atoms with Gasteiger partial charge < -0.3 is 10.1 Å². The van der Waals surface area contributed by atoms with Crippen LogP contribution in [0.1, 0.15) is 6.92 Å². The highest BCUT2D eigenvalue weighted by atomic mass is 32.1. The van der Waals surface area contributed by atoms with Crippen LogP contribution in [0.2, 0.25) is 0 Å². The second-order valence-electron chi connectivity index (χ2n) is 3.29. The Morgan fingerprint density at radius 2 is 2.22 bits per heavy atom. The van der Waals surface area contributed by atoms with Gasteiger partial charge in [-0.15, -0.1) is 5.10 Å². The van der Waals surface area contributed by atoms with E-state index in [1.807, 2.05) is 19.1 Å². The Morgan fingerprint density at radius 1 is 1.39 bits per heavy atom. The smallest absolute Gasteiger partial charge is 0.324 e. The minimum atomic E-state index is -0.354. The third-order valence-corrected chi connectivity index (χ3v) is 2.61.